The van der Waals surface area contributed by atoms with Gasteiger partial charge in [-0.3, -0.25) is 0 Å². The number of phenolic OH excluding ortho intramolecular Hbond substituents is 1. The van der Waals surface area contributed by atoms with E-state index in [1.807, 2.05) is 6.92 Å². The van der Waals surface area contributed by atoms with E-state index >= 15 is 0 Å². The first-order valence-electron chi connectivity index (χ1n) is 5.67. The second-order valence-electron chi connectivity index (χ2n) is 4.15. The lowest BCUT2D eigenvalue weighted by Gasteiger charge is -2.16. The van der Waals surface area contributed by atoms with Crippen LogP contribution in [0.25, 0.3) is 0 Å². The van der Waals surface area contributed by atoms with Gasteiger partial charge in [0.2, 0.25) is 0 Å². The van der Waals surface area contributed by atoms with Gasteiger partial charge in [0.05, 0.1) is 0 Å². The molecule has 1 atom stereocenters. The van der Waals surface area contributed by atoms with Crippen molar-refractivity contribution in [2.24, 2.45) is 0 Å². The van der Waals surface area contributed by atoms with E-state index < -0.39 is 0 Å². The number of anilines is 2. The number of hydrogen-bond acceptors (Lipinski definition) is 4. The molecule has 0 aromatic heterocycles. The van der Waals surface area contributed by atoms with Crippen LogP contribution in [-0.4, -0.2) is 5.11 Å². The maximum Gasteiger partial charge on any atom is 0.125 e. The lowest BCUT2D eigenvalue weighted by molar-refractivity contribution is 0.222. The predicted octanol–water partition coefficient (Wildman–Crippen LogP) is 2.70. The molecule has 4 nitrogen and oxygen atoms in total. The number of rotatable bonds is 3. The minimum absolute atomic E-state index is 0.173. The second-order valence-corrected chi connectivity index (χ2v) is 4.15. The monoisotopic (exact) mass is 244 g/mol. The van der Waals surface area contributed by atoms with Crippen LogP contribution in [0.2, 0.25) is 0 Å². The number of nitrogen functional groups attached to an aromatic ring is 2. The number of benzene rings is 2. The topological polar surface area (TPSA) is 81.5 Å². The van der Waals surface area contributed by atoms with Crippen LogP contribution in [0, 0.1) is 0 Å². The Labute approximate surface area is 106 Å². The normalized spacial score (nSPS) is 12.1. The summed E-state index contributed by atoms with van der Waals surface area (Å²) in [5.41, 5.74) is 13.2. The minimum Gasteiger partial charge on any atom is -0.508 e. The van der Waals surface area contributed by atoms with Crippen molar-refractivity contribution in [2.45, 2.75) is 13.0 Å². The molecule has 4 heteroatoms. The molecular weight excluding hydrogens is 228 g/mol. The van der Waals surface area contributed by atoms with Crippen LogP contribution in [0.5, 0.6) is 11.5 Å². The Kier molecular flexibility index (Phi) is 3.28. The average molecular weight is 244 g/mol. The van der Waals surface area contributed by atoms with E-state index in [-0.39, 0.29) is 11.9 Å². The molecule has 0 amide bonds. The van der Waals surface area contributed by atoms with Gasteiger partial charge in [0.1, 0.15) is 17.6 Å². The van der Waals surface area contributed by atoms with Gasteiger partial charge in [-0.05, 0) is 49.4 Å². The van der Waals surface area contributed by atoms with Gasteiger partial charge >= 0.3 is 0 Å². The summed E-state index contributed by atoms with van der Waals surface area (Å²) in [6.07, 6.45) is -0.294. The Morgan fingerprint density at radius 1 is 1.00 bits per heavy atom. The van der Waals surface area contributed by atoms with Crippen LogP contribution < -0.4 is 16.2 Å². The maximum atomic E-state index is 9.77. The van der Waals surface area contributed by atoms with Gasteiger partial charge in [-0.25, -0.2) is 0 Å². The summed E-state index contributed by atoms with van der Waals surface area (Å²) in [7, 11) is 0. The summed E-state index contributed by atoms with van der Waals surface area (Å²) in [5.74, 6) is 0.866. The Balaban J connectivity index is 2.18. The van der Waals surface area contributed by atoms with Crippen LogP contribution >= 0.6 is 0 Å². The van der Waals surface area contributed by atoms with E-state index in [2.05, 4.69) is 0 Å². The number of aromatic hydroxyl groups is 1. The van der Waals surface area contributed by atoms with Gasteiger partial charge in [0.15, 0.2) is 0 Å². The third-order valence-corrected chi connectivity index (χ3v) is 2.68. The molecule has 0 spiro atoms. The molecule has 0 saturated heterocycles. The molecule has 2 rings (SSSR count). The highest BCUT2D eigenvalue weighted by Gasteiger charge is 2.12. The highest BCUT2D eigenvalue weighted by Crippen LogP contribution is 2.30. The van der Waals surface area contributed by atoms with E-state index in [1.54, 1.807) is 42.5 Å². The molecule has 18 heavy (non-hydrogen) atoms. The number of nitrogens with two attached hydrogens (primary N) is 2. The first kappa shape index (κ1) is 12.1. The van der Waals surface area contributed by atoms with Crippen molar-refractivity contribution in [1.29, 1.82) is 0 Å². The summed E-state index contributed by atoms with van der Waals surface area (Å²) in [6, 6.07) is 12.0. The fourth-order valence-corrected chi connectivity index (χ4v) is 1.71. The fraction of sp³-hybridized carbons (Fsp3) is 0.143. The molecule has 0 radical (unpaired) electrons. The summed E-state index contributed by atoms with van der Waals surface area (Å²) < 4.78 is 5.72. The Hall–Kier alpha value is -2.36. The summed E-state index contributed by atoms with van der Waals surface area (Å²) in [6.45, 7) is 1.85. The van der Waals surface area contributed by atoms with Crippen molar-refractivity contribution in [3.05, 3.63) is 48.0 Å². The molecule has 94 valence electrons. The van der Waals surface area contributed by atoms with Crippen molar-refractivity contribution >= 4 is 11.4 Å². The lowest BCUT2D eigenvalue weighted by Crippen LogP contribution is -2.04. The van der Waals surface area contributed by atoms with Crippen LogP contribution in [0.3, 0.4) is 0 Å². The molecule has 5 N–H and O–H groups in total. The Morgan fingerprint density at radius 3 is 2.28 bits per heavy atom. The molecule has 0 aliphatic carbocycles. The van der Waals surface area contributed by atoms with Crippen LogP contribution in [0.1, 0.15) is 18.6 Å². The van der Waals surface area contributed by atoms with Gasteiger partial charge < -0.3 is 21.3 Å². The molecule has 1 unspecified atom stereocenters. The summed E-state index contributed by atoms with van der Waals surface area (Å²) in [4.78, 5) is 0. The quantitative estimate of drug-likeness (QED) is 0.572. The zero-order chi connectivity index (χ0) is 13.1. The van der Waals surface area contributed by atoms with E-state index in [1.165, 1.54) is 0 Å². The van der Waals surface area contributed by atoms with E-state index in [0.29, 0.717) is 22.7 Å². The standard InChI is InChI=1S/C14H16N2O2/c1-9(13-8-11(16)4-7-14(13)17)18-12-5-2-10(15)3-6-12/h2-9,17H,15-16H2,1H3. The van der Waals surface area contributed by atoms with Crippen LogP contribution in [-0.2, 0) is 0 Å². The number of ether oxygens (including phenoxy) is 1. The van der Waals surface area contributed by atoms with Crippen LogP contribution in [0.4, 0.5) is 11.4 Å². The van der Waals surface area contributed by atoms with Crippen molar-refractivity contribution in [1.82, 2.24) is 0 Å². The number of hydrogen-bond donors (Lipinski definition) is 3. The van der Waals surface area contributed by atoms with E-state index in [9.17, 15) is 5.11 Å². The zero-order valence-electron chi connectivity index (χ0n) is 10.1. The lowest BCUT2D eigenvalue weighted by atomic mass is 10.1. The number of phenols is 1. The van der Waals surface area contributed by atoms with Crippen LogP contribution in [0.15, 0.2) is 42.5 Å². The van der Waals surface area contributed by atoms with Gasteiger partial charge in [-0.15, -0.1) is 0 Å². The molecule has 0 bridgehead atoms. The van der Waals surface area contributed by atoms with Gasteiger partial charge in [0.25, 0.3) is 0 Å². The molecule has 2 aromatic rings. The van der Waals surface area contributed by atoms with Crippen molar-refractivity contribution in [2.75, 3.05) is 11.5 Å². The molecule has 0 heterocycles. The van der Waals surface area contributed by atoms with Gasteiger partial charge in [0, 0.05) is 16.9 Å². The van der Waals surface area contributed by atoms with E-state index in [4.69, 9.17) is 16.2 Å². The summed E-state index contributed by atoms with van der Waals surface area (Å²) >= 11 is 0. The molecular formula is C14H16N2O2. The Bertz CT molecular complexity index is 538. The van der Waals surface area contributed by atoms with E-state index in [0.717, 1.165) is 0 Å². The zero-order valence-corrected chi connectivity index (χ0v) is 10.1. The van der Waals surface area contributed by atoms with Gasteiger partial charge in [-0.1, -0.05) is 0 Å². The van der Waals surface area contributed by atoms with Crippen molar-refractivity contribution in [3.8, 4) is 11.5 Å². The molecule has 2 aromatic carbocycles. The third-order valence-electron chi connectivity index (χ3n) is 2.68. The minimum atomic E-state index is -0.294. The smallest absolute Gasteiger partial charge is 0.125 e. The van der Waals surface area contributed by atoms with Crippen molar-refractivity contribution in [3.63, 3.8) is 0 Å². The highest BCUT2D eigenvalue weighted by atomic mass is 16.5. The molecule has 0 aliphatic heterocycles. The molecule has 0 aliphatic rings. The maximum absolute atomic E-state index is 9.77. The second kappa shape index (κ2) is 4.87. The predicted molar refractivity (Wildman–Crippen MR) is 72.4 cm³/mol. The largest absolute Gasteiger partial charge is 0.508 e. The average Bonchev–Trinajstić information content (AvgIpc) is 2.35. The highest BCUT2D eigenvalue weighted by molar-refractivity contribution is 5.48. The first-order chi connectivity index (χ1) is 8.56. The van der Waals surface area contributed by atoms with Crippen molar-refractivity contribution < 1.29 is 9.84 Å². The fourth-order valence-electron chi connectivity index (χ4n) is 1.71. The summed E-state index contributed by atoms with van der Waals surface area (Å²) in [5, 5.41) is 9.77. The SMILES string of the molecule is CC(Oc1ccc(N)cc1)c1cc(N)ccc1O. The first-order valence-corrected chi connectivity index (χ1v) is 5.67. The van der Waals surface area contributed by atoms with Gasteiger partial charge in [-0.2, -0.15) is 0 Å². The molecule has 0 fully saturated rings. The Morgan fingerprint density at radius 2 is 1.61 bits per heavy atom. The molecule has 0 saturated carbocycles. The third kappa shape index (κ3) is 2.66.